The monoisotopic (exact) mass is 301 g/mol. The van der Waals surface area contributed by atoms with Crippen LogP contribution in [0.3, 0.4) is 0 Å². The highest BCUT2D eigenvalue weighted by atomic mass is 16.2. The highest BCUT2D eigenvalue weighted by Gasteiger charge is 2.28. The van der Waals surface area contributed by atoms with E-state index in [0.29, 0.717) is 5.69 Å². The molecule has 1 aliphatic heterocycles. The van der Waals surface area contributed by atoms with Crippen molar-refractivity contribution < 1.29 is 4.79 Å². The number of imidazole rings is 1. The largest absolute Gasteiger partial charge is 0.337 e. The topological polar surface area (TPSA) is 83.9 Å². The number of piperidine rings is 1. The molecule has 3 heterocycles. The van der Waals surface area contributed by atoms with Crippen molar-refractivity contribution in [3.63, 3.8) is 0 Å². The lowest BCUT2D eigenvalue weighted by atomic mass is 9.99. The van der Waals surface area contributed by atoms with Gasteiger partial charge in [-0.15, -0.1) is 0 Å². The van der Waals surface area contributed by atoms with Gasteiger partial charge in [0.05, 0.1) is 12.5 Å². The summed E-state index contributed by atoms with van der Waals surface area (Å²) in [6.07, 6.45) is 12.1. The van der Waals surface area contributed by atoms with Crippen LogP contribution < -0.4 is 5.56 Å². The molecule has 0 radical (unpaired) electrons. The van der Waals surface area contributed by atoms with E-state index in [-0.39, 0.29) is 17.5 Å². The molecule has 0 bridgehead atoms. The minimum absolute atomic E-state index is 0.105. The van der Waals surface area contributed by atoms with E-state index in [1.54, 1.807) is 12.5 Å². The molecule has 7 heteroatoms. The summed E-state index contributed by atoms with van der Waals surface area (Å²) >= 11 is 0. The summed E-state index contributed by atoms with van der Waals surface area (Å²) in [7, 11) is 0. The number of carbonyl (C=O) groups is 1. The molecule has 1 saturated heterocycles. The number of H-pyrrole nitrogens is 1. The van der Waals surface area contributed by atoms with Crippen LogP contribution in [0, 0.1) is 0 Å². The van der Waals surface area contributed by atoms with Crippen LogP contribution in [-0.4, -0.2) is 42.9 Å². The minimum Gasteiger partial charge on any atom is -0.337 e. The normalized spacial score (nSPS) is 18.4. The Morgan fingerprint density at radius 2 is 2.32 bits per heavy atom. The van der Waals surface area contributed by atoms with Gasteiger partial charge in [0.25, 0.3) is 11.5 Å². The lowest BCUT2D eigenvalue weighted by molar-refractivity contribution is 0.0589. The second-order valence-corrected chi connectivity index (χ2v) is 5.53. The number of rotatable bonds is 4. The number of carbonyl (C=O) groups excluding carboxylic acids is 1. The predicted octanol–water partition coefficient (Wildman–Crippen LogP) is 1.05. The second-order valence-electron chi connectivity index (χ2n) is 5.53. The van der Waals surface area contributed by atoms with Gasteiger partial charge in [0.2, 0.25) is 0 Å². The maximum atomic E-state index is 12.6. The van der Waals surface area contributed by atoms with Crippen molar-refractivity contribution in [2.24, 2.45) is 0 Å². The highest BCUT2D eigenvalue weighted by molar-refractivity contribution is 5.92. The van der Waals surface area contributed by atoms with Crippen molar-refractivity contribution in [2.75, 3.05) is 6.54 Å². The molecule has 0 unspecified atom stereocenters. The van der Waals surface area contributed by atoms with Crippen LogP contribution in [0.1, 0.15) is 36.2 Å². The summed E-state index contributed by atoms with van der Waals surface area (Å²) in [5.41, 5.74) is 0.000910. The van der Waals surface area contributed by atoms with Gasteiger partial charge < -0.3 is 14.5 Å². The fourth-order valence-corrected chi connectivity index (χ4v) is 2.89. The Balaban J connectivity index is 1.69. The quantitative estimate of drug-likeness (QED) is 0.915. The number of likely N-dealkylation sites (tertiary alicyclic amines) is 1. The zero-order chi connectivity index (χ0) is 15.4. The molecule has 2 aromatic rings. The van der Waals surface area contributed by atoms with Gasteiger partial charge in [0.1, 0.15) is 5.69 Å². The Labute approximate surface area is 128 Å². The molecular weight excluding hydrogens is 282 g/mol. The van der Waals surface area contributed by atoms with Gasteiger partial charge in [-0.1, -0.05) is 0 Å². The van der Waals surface area contributed by atoms with Crippen LogP contribution in [0.2, 0.25) is 0 Å². The molecule has 1 aliphatic rings. The van der Waals surface area contributed by atoms with Gasteiger partial charge in [-0.05, 0) is 25.7 Å². The number of amides is 1. The lowest BCUT2D eigenvalue weighted by Gasteiger charge is -2.35. The van der Waals surface area contributed by atoms with Gasteiger partial charge in [-0.25, -0.2) is 9.97 Å². The number of aromatic nitrogens is 4. The van der Waals surface area contributed by atoms with Crippen LogP contribution in [-0.2, 0) is 6.54 Å². The molecule has 0 aliphatic carbocycles. The number of aryl methyl sites for hydroxylation is 1. The standard InChI is InChI=1S/C15H19N5O2/c21-14-10-17-13(9-18-14)15(22)20-6-2-1-3-12(20)4-7-19-8-5-16-11-19/h5,8-12H,1-4,6-7H2,(H,18,21)/t12-/m1/s1. The van der Waals surface area contributed by atoms with Crippen molar-refractivity contribution in [1.82, 2.24) is 24.4 Å². The van der Waals surface area contributed by atoms with Gasteiger partial charge in [0, 0.05) is 37.7 Å². The third kappa shape index (κ3) is 3.24. The highest BCUT2D eigenvalue weighted by Crippen LogP contribution is 2.21. The van der Waals surface area contributed by atoms with Crippen LogP contribution in [0.15, 0.2) is 35.9 Å². The van der Waals surface area contributed by atoms with E-state index in [1.165, 1.54) is 6.20 Å². The van der Waals surface area contributed by atoms with E-state index < -0.39 is 0 Å². The molecule has 0 saturated carbocycles. The summed E-state index contributed by atoms with van der Waals surface area (Å²) < 4.78 is 2.02. The Morgan fingerprint density at radius 3 is 3.05 bits per heavy atom. The van der Waals surface area contributed by atoms with E-state index in [2.05, 4.69) is 15.0 Å². The van der Waals surface area contributed by atoms with Gasteiger partial charge in [0.15, 0.2) is 0 Å². The Hall–Kier alpha value is -2.44. The van der Waals surface area contributed by atoms with Gasteiger partial charge >= 0.3 is 0 Å². The zero-order valence-corrected chi connectivity index (χ0v) is 12.3. The molecule has 3 rings (SSSR count). The van der Waals surface area contributed by atoms with Crippen molar-refractivity contribution >= 4 is 5.91 Å². The number of hydrogen-bond donors (Lipinski definition) is 1. The van der Waals surface area contributed by atoms with Crippen molar-refractivity contribution in [2.45, 2.75) is 38.3 Å². The first-order valence-corrected chi connectivity index (χ1v) is 7.55. The molecule has 116 valence electrons. The lowest BCUT2D eigenvalue weighted by Crippen LogP contribution is -2.44. The summed E-state index contributed by atoms with van der Waals surface area (Å²) in [5, 5.41) is 0. The summed E-state index contributed by atoms with van der Waals surface area (Å²) in [6, 6.07) is 0.206. The maximum Gasteiger partial charge on any atom is 0.274 e. The zero-order valence-electron chi connectivity index (χ0n) is 12.3. The fraction of sp³-hybridized carbons (Fsp3) is 0.467. The van der Waals surface area contributed by atoms with Crippen molar-refractivity contribution in [3.05, 3.63) is 47.2 Å². The van der Waals surface area contributed by atoms with E-state index in [9.17, 15) is 9.59 Å². The summed E-state index contributed by atoms with van der Waals surface area (Å²) in [4.78, 5) is 36.1. The van der Waals surface area contributed by atoms with E-state index in [1.807, 2.05) is 15.7 Å². The Morgan fingerprint density at radius 1 is 1.41 bits per heavy atom. The molecular formula is C15H19N5O2. The summed E-state index contributed by atoms with van der Waals surface area (Å²) in [5.74, 6) is -0.105. The van der Waals surface area contributed by atoms with Crippen molar-refractivity contribution in [3.8, 4) is 0 Å². The molecule has 1 N–H and O–H groups in total. The molecule has 2 aromatic heterocycles. The number of nitrogens with one attached hydrogen (secondary N) is 1. The van der Waals surface area contributed by atoms with Gasteiger partial charge in [-0.3, -0.25) is 9.59 Å². The smallest absolute Gasteiger partial charge is 0.274 e. The fourth-order valence-electron chi connectivity index (χ4n) is 2.89. The third-order valence-electron chi connectivity index (χ3n) is 4.06. The Bertz CT molecular complexity index is 659. The van der Waals surface area contributed by atoms with Gasteiger partial charge in [-0.2, -0.15) is 0 Å². The molecule has 1 fully saturated rings. The first-order chi connectivity index (χ1) is 10.7. The van der Waals surface area contributed by atoms with Crippen LogP contribution in [0.4, 0.5) is 0 Å². The number of aromatic amines is 1. The maximum absolute atomic E-state index is 12.6. The number of hydrogen-bond acceptors (Lipinski definition) is 4. The Kier molecular flexibility index (Phi) is 4.32. The molecule has 7 nitrogen and oxygen atoms in total. The third-order valence-corrected chi connectivity index (χ3v) is 4.06. The average Bonchev–Trinajstić information content (AvgIpc) is 3.07. The molecule has 0 aromatic carbocycles. The summed E-state index contributed by atoms with van der Waals surface area (Å²) in [6.45, 7) is 1.59. The molecule has 1 atom stereocenters. The molecule has 0 spiro atoms. The number of nitrogens with zero attached hydrogens (tertiary/aromatic N) is 4. The average molecular weight is 301 g/mol. The van der Waals surface area contributed by atoms with Crippen LogP contribution >= 0.6 is 0 Å². The van der Waals surface area contributed by atoms with E-state index in [0.717, 1.165) is 45.0 Å². The van der Waals surface area contributed by atoms with Crippen LogP contribution in [0.25, 0.3) is 0 Å². The van der Waals surface area contributed by atoms with E-state index in [4.69, 9.17) is 0 Å². The SMILES string of the molecule is O=C(c1c[nH]c(=O)cn1)N1CCCC[C@@H]1CCn1ccnc1. The minimum atomic E-state index is -0.299. The molecule has 22 heavy (non-hydrogen) atoms. The predicted molar refractivity (Wildman–Crippen MR) is 80.4 cm³/mol. The second kappa shape index (κ2) is 6.55. The van der Waals surface area contributed by atoms with Crippen LogP contribution in [0.5, 0.6) is 0 Å². The first-order valence-electron chi connectivity index (χ1n) is 7.55. The molecule has 1 amide bonds. The first kappa shape index (κ1) is 14.5. The van der Waals surface area contributed by atoms with E-state index >= 15 is 0 Å². The van der Waals surface area contributed by atoms with Crippen molar-refractivity contribution in [1.29, 1.82) is 0 Å².